The van der Waals surface area contributed by atoms with Crippen molar-refractivity contribution in [1.29, 1.82) is 0 Å². The summed E-state index contributed by atoms with van der Waals surface area (Å²) in [7, 11) is 0. The van der Waals surface area contributed by atoms with Crippen LogP contribution in [-0.4, -0.2) is 29.1 Å². The zero-order valence-corrected chi connectivity index (χ0v) is 7.75. The van der Waals surface area contributed by atoms with Gasteiger partial charge in [0.05, 0.1) is 5.56 Å². The van der Waals surface area contributed by atoms with Gasteiger partial charge in [0.25, 0.3) is 5.91 Å². The molecule has 0 aliphatic heterocycles. The van der Waals surface area contributed by atoms with Gasteiger partial charge in [0.1, 0.15) is 18.3 Å². The van der Waals surface area contributed by atoms with E-state index in [-0.39, 0.29) is 17.9 Å². The quantitative estimate of drug-likeness (QED) is 0.720. The van der Waals surface area contributed by atoms with Gasteiger partial charge in [-0.2, -0.15) is 0 Å². The molecular formula is C8H11FN4O. The van der Waals surface area contributed by atoms with Crippen molar-refractivity contribution < 1.29 is 9.18 Å². The molecule has 0 spiro atoms. The van der Waals surface area contributed by atoms with E-state index in [4.69, 9.17) is 5.73 Å². The Bertz CT molecular complexity index is 342. The van der Waals surface area contributed by atoms with Crippen LogP contribution in [0.3, 0.4) is 0 Å². The third kappa shape index (κ3) is 2.38. The Labute approximate surface area is 80.5 Å². The number of aromatic nitrogens is 2. The molecule has 0 aliphatic carbocycles. The second-order valence-electron chi connectivity index (χ2n) is 2.66. The number of hydrogen-bond acceptors (Lipinski definition) is 4. The number of carbonyl (C=O) groups is 1. The van der Waals surface area contributed by atoms with E-state index in [1.54, 1.807) is 6.92 Å². The number of anilines is 1. The van der Waals surface area contributed by atoms with Gasteiger partial charge in [-0.15, -0.1) is 0 Å². The topological polar surface area (TPSA) is 80.9 Å². The van der Waals surface area contributed by atoms with Gasteiger partial charge in [-0.1, -0.05) is 0 Å². The molecule has 0 aliphatic rings. The van der Waals surface area contributed by atoms with Crippen molar-refractivity contribution in [2.75, 3.05) is 19.0 Å². The van der Waals surface area contributed by atoms with Crippen LogP contribution in [0.4, 0.5) is 10.2 Å². The minimum absolute atomic E-state index is 0.0356. The SMILES string of the molecule is Cc1ncc(C(=O)NCCF)c(N)n1. The zero-order valence-electron chi connectivity index (χ0n) is 7.75. The summed E-state index contributed by atoms with van der Waals surface area (Å²) in [4.78, 5) is 18.9. The molecular weight excluding hydrogens is 187 g/mol. The molecule has 1 aromatic rings. The fraction of sp³-hybridized carbons (Fsp3) is 0.375. The molecule has 76 valence electrons. The first-order valence-electron chi connectivity index (χ1n) is 4.08. The number of nitrogens with one attached hydrogen (secondary N) is 1. The zero-order chi connectivity index (χ0) is 10.6. The highest BCUT2D eigenvalue weighted by molar-refractivity contribution is 5.97. The lowest BCUT2D eigenvalue weighted by Crippen LogP contribution is -2.26. The Morgan fingerprint density at radius 3 is 3.00 bits per heavy atom. The molecule has 0 fully saturated rings. The first kappa shape index (κ1) is 10.4. The minimum Gasteiger partial charge on any atom is -0.383 e. The number of nitrogens with zero attached hydrogens (tertiary/aromatic N) is 2. The molecule has 14 heavy (non-hydrogen) atoms. The molecule has 0 atom stereocenters. The molecule has 6 heteroatoms. The molecule has 0 bridgehead atoms. The lowest BCUT2D eigenvalue weighted by atomic mass is 10.3. The minimum atomic E-state index is -0.613. The standard InChI is InChI=1S/C8H11FN4O/c1-5-12-4-6(7(10)13-5)8(14)11-3-2-9/h4H,2-3H2,1H3,(H,11,14)(H2,10,12,13). The Hall–Kier alpha value is -1.72. The Morgan fingerprint density at radius 2 is 2.43 bits per heavy atom. The summed E-state index contributed by atoms with van der Waals surface area (Å²) in [5.74, 6) is 0.138. The molecule has 1 heterocycles. The van der Waals surface area contributed by atoms with Crippen LogP contribution in [0.5, 0.6) is 0 Å². The van der Waals surface area contributed by atoms with Crippen LogP contribution in [0.1, 0.15) is 16.2 Å². The number of nitrogen functional groups attached to an aromatic ring is 1. The summed E-state index contributed by atoms with van der Waals surface area (Å²) in [6.45, 7) is 1.02. The number of rotatable bonds is 3. The van der Waals surface area contributed by atoms with E-state index >= 15 is 0 Å². The molecule has 1 rings (SSSR count). The maximum Gasteiger partial charge on any atom is 0.256 e. The first-order valence-corrected chi connectivity index (χ1v) is 4.08. The van der Waals surface area contributed by atoms with E-state index in [9.17, 15) is 9.18 Å². The molecule has 0 unspecified atom stereocenters. The van der Waals surface area contributed by atoms with Crippen molar-refractivity contribution >= 4 is 11.7 Å². The number of alkyl halides is 1. The summed E-state index contributed by atoms with van der Waals surface area (Å²) in [6, 6.07) is 0. The highest BCUT2D eigenvalue weighted by Crippen LogP contribution is 2.06. The van der Waals surface area contributed by atoms with Crippen molar-refractivity contribution in [3.05, 3.63) is 17.6 Å². The van der Waals surface area contributed by atoms with Crippen LogP contribution < -0.4 is 11.1 Å². The normalized spacial score (nSPS) is 9.86. The molecule has 0 aromatic carbocycles. The van der Waals surface area contributed by atoms with Crippen molar-refractivity contribution in [2.24, 2.45) is 0 Å². The van der Waals surface area contributed by atoms with E-state index in [1.807, 2.05) is 0 Å². The summed E-state index contributed by atoms with van der Waals surface area (Å²) < 4.78 is 11.8. The summed E-state index contributed by atoms with van der Waals surface area (Å²) in [5, 5.41) is 2.33. The average Bonchev–Trinajstić information content (AvgIpc) is 2.14. The fourth-order valence-corrected chi connectivity index (χ4v) is 0.918. The maximum absolute atomic E-state index is 11.8. The highest BCUT2D eigenvalue weighted by Gasteiger charge is 2.10. The van der Waals surface area contributed by atoms with Gasteiger partial charge in [0.2, 0.25) is 0 Å². The average molecular weight is 198 g/mol. The highest BCUT2D eigenvalue weighted by atomic mass is 19.1. The molecule has 0 saturated carbocycles. The van der Waals surface area contributed by atoms with Gasteiger partial charge >= 0.3 is 0 Å². The van der Waals surface area contributed by atoms with Crippen molar-refractivity contribution in [3.8, 4) is 0 Å². The lowest BCUT2D eigenvalue weighted by Gasteiger charge is -2.04. The first-order chi connectivity index (χ1) is 6.65. The van der Waals surface area contributed by atoms with Gasteiger partial charge in [-0.25, -0.2) is 14.4 Å². The fourth-order valence-electron chi connectivity index (χ4n) is 0.918. The van der Waals surface area contributed by atoms with Crippen LogP contribution >= 0.6 is 0 Å². The van der Waals surface area contributed by atoms with Crippen LogP contribution in [0, 0.1) is 6.92 Å². The van der Waals surface area contributed by atoms with Gasteiger partial charge in [-0.05, 0) is 6.92 Å². The molecule has 0 saturated heterocycles. The third-order valence-corrected chi connectivity index (χ3v) is 1.56. The number of nitrogens with two attached hydrogens (primary N) is 1. The Morgan fingerprint density at radius 1 is 1.71 bits per heavy atom. The van der Waals surface area contributed by atoms with Gasteiger partial charge < -0.3 is 11.1 Å². The summed E-state index contributed by atoms with van der Waals surface area (Å²) in [6.07, 6.45) is 1.32. The monoisotopic (exact) mass is 198 g/mol. The third-order valence-electron chi connectivity index (χ3n) is 1.56. The van der Waals surface area contributed by atoms with Gasteiger partial charge in [0.15, 0.2) is 0 Å². The number of aryl methyl sites for hydroxylation is 1. The van der Waals surface area contributed by atoms with Gasteiger partial charge in [0, 0.05) is 12.7 Å². The van der Waals surface area contributed by atoms with E-state index in [0.717, 1.165) is 0 Å². The van der Waals surface area contributed by atoms with Gasteiger partial charge in [-0.3, -0.25) is 4.79 Å². The molecule has 1 aromatic heterocycles. The number of hydrogen-bond donors (Lipinski definition) is 2. The summed E-state index contributed by atoms with van der Waals surface area (Å²) >= 11 is 0. The second kappa shape index (κ2) is 4.50. The van der Waals surface area contributed by atoms with E-state index < -0.39 is 12.6 Å². The van der Waals surface area contributed by atoms with Crippen LogP contribution in [0.15, 0.2) is 6.20 Å². The molecule has 3 N–H and O–H groups in total. The molecule has 0 radical (unpaired) electrons. The molecule has 1 amide bonds. The largest absolute Gasteiger partial charge is 0.383 e. The predicted octanol–water partition coefficient (Wildman–Crippen LogP) is 0.0665. The maximum atomic E-state index is 11.8. The Kier molecular flexibility index (Phi) is 3.33. The molecule has 5 nitrogen and oxygen atoms in total. The summed E-state index contributed by atoms with van der Waals surface area (Å²) in [5.41, 5.74) is 5.66. The van der Waals surface area contributed by atoms with Crippen LogP contribution in [-0.2, 0) is 0 Å². The van der Waals surface area contributed by atoms with Crippen molar-refractivity contribution in [1.82, 2.24) is 15.3 Å². The smallest absolute Gasteiger partial charge is 0.256 e. The Balaban J connectivity index is 2.80. The van der Waals surface area contributed by atoms with E-state index in [1.165, 1.54) is 6.20 Å². The van der Waals surface area contributed by atoms with E-state index in [0.29, 0.717) is 5.82 Å². The van der Waals surface area contributed by atoms with E-state index in [2.05, 4.69) is 15.3 Å². The van der Waals surface area contributed by atoms with Crippen LogP contribution in [0.25, 0.3) is 0 Å². The van der Waals surface area contributed by atoms with Crippen molar-refractivity contribution in [3.63, 3.8) is 0 Å². The number of amides is 1. The number of carbonyl (C=O) groups excluding carboxylic acids is 1. The number of halogens is 1. The predicted molar refractivity (Wildman–Crippen MR) is 49.5 cm³/mol. The van der Waals surface area contributed by atoms with Crippen molar-refractivity contribution in [2.45, 2.75) is 6.92 Å². The second-order valence-corrected chi connectivity index (χ2v) is 2.66. The lowest BCUT2D eigenvalue weighted by molar-refractivity contribution is 0.0951. The van der Waals surface area contributed by atoms with Crippen LogP contribution in [0.2, 0.25) is 0 Å².